The fraction of sp³-hybridized carbons (Fsp3) is 0.953. The molecule has 0 amide bonds. The number of phosphoric ester groups is 2. The summed E-state index contributed by atoms with van der Waals surface area (Å²) in [4.78, 5) is 73.1. The third-order valence-corrected chi connectivity index (χ3v) is 22.2. The van der Waals surface area contributed by atoms with Gasteiger partial charge in [-0.3, -0.25) is 37.3 Å². The Hall–Kier alpha value is -1.94. The smallest absolute Gasteiger partial charge is 0.462 e. The average molecular weight is 1540 g/mol. The highest BCUT2D eigenvalue weighted by atomic mass is 31.2. The minimum absolute atomic E-state index is 0.109. The summed E-state index contributed by atoms with van der Waals surface area (Å²) >= 11 is 0. The van der Waals surface area contributed by atoms with Crippen molar-refractivity contribution in [3.63, 3.8) is 0 Å². The second-order valence-corrected chi connectivity index (χ2v) is 34.3. The molecule has 17 nitrogen and oxygen atoms in total. The van der Waals surface area contributed by atoms with E-state index in [9.17, 15) is 43.2 Å². The first-order valence-electron chi connectivity index (χ1n) is 44.6. The number of carbonyl (C=O) groups excluding carboxylic acids is 4. The van der Waals surface area contributed by atoms with Crippen LogP contribution in [0.3, 0.4) is 0 Å². The maximum absolute atomic E-state index is 13.1. The Kier molecular flexibility index (Phi) is 77.3. The molecule has 0 aromatic heterocycles. The molecule has 0 aliphatic rings. The van der Waals surface area contributed by atoms with Gasteiger partial charge >= 0.3 is 39.5 Å². The topological polar surface area (TPSA) is 237 Å². The molecule has 0 heterocycles. The van der Waals surface area contributed by atoms with E-state index in [2.05, 4.69) is 34.6 Å². The molecule has 105 heavy (non-hydrogen) atoms. The van der Waals surface area contributed by atoms with Crippen molar-refractivity contribution in [2.75, 3.05) is 39.6 Å². The van der Waals surface area contributed by atoms with Crippen LogP contribution >= 0.6 is 15.6 Å². The van der Waals surface area contributed by atoms with Crippen LogP contribution in [0.2, 0.25) is 0 Å². The van der Waals surface area contributed by atoms with Crippen molar-refractivity contribution in [3.05, 3.63) is 0 Å². The van der Waals surface area contributed by atoms with Gasteiger partial charge in [0.05, 0.1) is 26.4 Å². The standard InChI is InChI=1S/C86H168O17P2/c1-6-9-12-15-18-21-23-25-27-29-31-33-38-42-46-50-55-60-65-70-84(89)97-76-82(103-86(91)72-67-62-57-52-48-44-40-36-35-37-41-45-49-53-58-63-68-79(4)5)78-101-105(94,95)99-74-80(87)73-98-104(92,93)100-77-81(75-96-83(88)69-64-59-54-20-17-14-11-8-3)102-85(90)71-66-61-56-51-47-43-39-34-32-30-28-26-24-22-19-16-13-10-7-2/h79-82,87H,6-78H2,1-5H3,(H,92,93)(H,94,95)/t80-,81+,82+/m0/s1. The summed E-state index contributed by atoms with van der Waals surface area (Å²) in [6, 6.07) is 0. The number of esters is 4. The van der Waals surface area contributed by atoms with Crippen LogP contribution in [-0.4, -0.2) is 96.7 Å². The molecule has 0 fully saturated rings. The van der Waals surface area contributed by atoms with Gasteiger partial charge in [-0.15, -0.1) is 0 Å². The maximum Gasteiger partial charge on any atom is 0.472 e. The molecule has 0 saturated heterocycles. The Bertz CT molecular complexity index is 2000. The first kappa shape index (κ1) is 103. The molecule has 5 atom stereocenters. The highest BCUT2D eigenvalue weighted by molar-refractivity contribution is 7.47. The maximum atomic E-state index is 13.1. The van der Waals surface area contributed by atoms with Gasteiger partial charge < -0.3 is 33.8 Å². The quantitative estimate of drug-likeness (QED) is 0.0222. The lowest BCUT2D eigenvalue weighted by molar-refractivity contribution is -0.161. The van der Waals surface area contributed by atoms with E-state index in [1.165, 1.54) is 289 Å². The Balaban J connectivity index is 5.18. The molecular weight excluding hydrogens is 1370 g/mol. The van der Waals surface area contributed by atoms with Crippen LogP contribution < -0.4 is 0 Å². The second-order valence-electron chi connectivity index (χ2n) is 31.4. The van der Waals surface area contributed by atoms with Crippen molar-refractivity contribution < 1.29 is 80.2 Å². The Morgan fingerprint density at radius 1 is 0.257 bits per heavy atom. The van der Waals surface area contributed by atoms with Gasteiger partial charge in [0.1, 0.15) is 19.3 Å². The number of carbonyl (C=O) groups is 4. The zero-order valence-corrected chi connectivity index (χ0v) is 70.7. The Labute approximate surface area is 645 Å². The molecule has 0 radical (unpaired) electrons. The zero-order valence-electron chi connectivity index (χ0n) is 68.9. The SMILES string of the molecule is CCCCCCCCCCCCCCCCCCCCCC(=O)OC[C@H](COP(=O)(O)OC[C@@H](O)COP(=O)(O)OC[C@@H](COC(=O)CCCCCCCCCC)OC(=O)CCCCCCCCCCCCCCCCCCCCC)OC(=O)CCCCCCCCCCCCCCCCCCC(C)C. The minimum Gasteiger partial charge on any atom is -0.462 e. The van der Waals surface area contributed by atoms with Gasteiger partial charge in [-0.25, -0.2) is 9.13 Å². The Morgan fingerprint density at radius 2 is 0.438 bits per heavy atom. The van der Waals surface area contributed by atoms with E-state index >= 15 is 0 Å². The number of aliphatic hydroxyl groups is 1. The highest BCUT2D eigenvalue weighted by Gasteiger charge is 2.30. The number of hydrogen-bond acceptors (Lipinski definition) is 15. The van der Waals surface area contributed by atoms with Gasteiger partial charge in [-0.2, -0.15) is 0 Å². The van der Waals surface area contributed by atoms with E-state index in [-0.39, 0.29) is 25.7 Å². The average Bonchev–Trinajstić information content (AvgIpc) is 0.919. The molecule has 3 N–H and O–H groups in total. The van der Waals surface area contributed by atoms with Crippen molar-refractivity contribution in [3.8, 4) is 0 Å². The van der Waals surface area contributed by atoms with E-state index in [4.69, 9.17) is 37.0 Å². The molecule has 0 bridgehead atoms. The van der Waals surface area contributed by atoms with Crippen molar-refractivity contribution in [1.29, 1.82) is 0 Å². The predicted molar refractivity (Wildman–Crippen MR) is 432 cm³/mol. The summed E-state index contributed by atoms with van der Waals surface area (Å²) < 4.78 is 68.8. The predicted octanol–water partition coefficient (Wildman–Crippen LogP) is 26.4. The lowest BCUT2D eigenvalue weighted by Crippen LogP contribution is -2.30. The molecule has 19 heteroatoms. The molecule has 0 aliphatic carbocycles. The number of phosphoric acid groups is 2. The number of unbranched alkanes of at least 4 members (excludes halogenated alkanes) is 58. The van der Waals surface area contributed by atoms with Crippen molar-refractivity contribution in [2.24, 2.45) is 5.92 Å². The normalized spacial score (nSPS) is 13.8. The lowest BCUT2D eigenvalue weighted by Gasteiger charge is -2.21. The second kappa shape index (κ2) is 78.7. The number of aliphatic hydroxyl groups excluding tert-OH is 1. The molecule has 0 spiro atoms. The summed E-state index contributed by atoms with van der Waals surface area (Å²) in [5.74, 6) is -1.29. The molecular formula is C86H168O17P2. The monoisotopic (exact) mass is 1540 g/mol. The number of hydrogen-bond donors (Lipinski definition) is 3. The molecule has 0 aromatic carbocycles. The van der Waals surface area contributed by atoms with Gasteiger partial charge in [-0.1, -0.05) is 413 Å². The van der Waals surface area contributed by atoms with Crippen molar-refractivity contribution in [2.45, 2.75) is 483 Å². The molecule has 0 saturated carbocycles. The van der Waals surface area contributed by atoms with Crippen molar-refractivity contribution >= 4 is 39.5 Å². The number of ether oxygens (including phenoxy) is 4. The minimum atomic E-state index is -4.96. The van der Waals surface area contributed by atoms with Gasteiger partial charge in [-0.05, 0) is 31.6 Å². The van der Waals surface area contributed by atoms with Crippen LogP contribution in [0.15, 0.2) is 0 Å². The molecule has 624 valence electrons. The third kappa shape index (κ3) is 79.9. The van der Waals surface area contributed by atoms with Crippen molar-refractivity contribution in [1.82, 2.24) is 0 Å². The summed E-state index contributed by atoms with van der Waals surface area (Å²) in [5, 5.41) is 10.7. The number of rotatable bonds is 86. The van der Waals surface area contributed by atoms with E-state index in [1.54, 1.807) is 0 Å². The third-order valence-electron chi connectivity index (χ3n) is 20.3. The van der Waals surface area contributed by atoms with Crippen LogP contribution in [0.5, 0.6) is 0 Å². The summed E-state index contributed by atoms with van der Waals surface area (Å²) in [7, 11) is -9.92. The van der Waals surface area contributed by atoms with E-state index < -0.39 is 97.5 Å². The van der Waals surface area contributed by atoms with Gasteiger partial charge in [0.2, 0.25) is 0 Å². The molecule has 0 aromatic rings. The Morgan fingerprint density at radius 3 is 0.648 bits per heavy atom. The van der Waals surface area contributed by atoms with Crippen LogP contribution in [0, 0.1) is 5.92 Å². The van der Waals surface area contributed by atoms with E-state index in [0.717, 1.165) is 95.8 Å². The van der Waals surface area contributed by atoms with Gasteiger partial charge in [0, 0.05) is 25.7 Å². The van der Waals surface area contributed by atoms with Gasteiger partial charge in [0.15, 0.2) is 12.2 Å². The highest BCUT2D eigenvalue weighted by Crippen LogP contribution is 2.45. The van der Waals surface area contributed by atoms with Crippen LogP contribution in [-0.2, 0) is 65.4 Å². The first-order valence-corrected chi connectivity index (χ1v) is 47.6. The first-order chi connectivity index (χ1) is 51.0. The summed E-state index contributed by atoms with van der Waals surface area (Å²) in [6.45, 7) is 7.37. The fourth-order valence-corrected chi connectivity index (χ4v) is 15.1. The summed E-state index contributed by atoms with van der Waals surface area (Å²) in [5.41, 5.74) is 0. The van der Waals surface area contributed by atoms with Crippen LogP contribution in [0.1, 0.15) is 465 Å². The fourth-order valence-electron chi connectivity index (χ4n) is 13.5. The molecule has 2 unspecified atom stereocenters. The largest absolute Gasteiger partial charge is 0.472 e. The summed E-state index contributed by atoms with van der Waals surface area (Å²) in [6.07, 6.45) is 72.3. The van der Waals surface area contributed by atoms with E-state index in [0.29, 0.717) is 25.7 Å². The molecule has 0 rings (SSSR count). The van der Waals surface area contributed by atoms with Gasteiger partial charge in [0.25, 0.3) is 0 Å². The van der Waals surface area contributed by atoms with Crippen LogP contribution in [0.4, 0.5) is 0 Å². The molecule has 0 aliphatic heterocycles. The zero-order chi connectivity index (χ0) is 76.9. The van der Waals surface area contributed by atoms with Crippen LogP contribution in [0.25, 0.3) is 0 Å². The van der Waals surface area contributed by atoms with E-state index in [1.807, 2.05) is 0 Å². The lowest BCUT2D eigenvalue weighted by atomic mass is 10.0.